The van der Waals surface area contributed by atoms with Crippen molar-refractivity contribution in [3.63, 3.8) is 0 Å². The highest BCUT2D eigenvalue weighted by Gasteiger charge is 2.21. The van der Waals surface area contributed by atoms with Crippen molar-refractivity contribution in [1.82, 2.24) is 4.98 Å². The van der Waals surface area contributed by atoms with Crippen LogP contribution in [-0.4, -0.2) is 21.8 Å². The topological polar surface area (TPSA) is 70.2 Å². The van der Waals surface area contributed by atoms with Crippen molar-refractivity contribution >= 4 is 11.8 Å². The van der Waals surface area contributed by atoms with Crippen molar-refractivity contribution in [1.29, 1.82) is 0 Å². The van der Waals surface area contributed by atoms with E-state index in [4.69, 9.17) is 5.11 Å². The number of nitrogens with one attached hydrogen (secondary N) is 1. The maximum Gasteiger partial charge on any atom is 0.337 e. The summed E-state index contributed by atoms with van der Waals surface area (Å²) in [6.07, 6.45) is 0.930. The highest BCUT2D eigenvalue weighted by atomic mass is 16.4. The van der Waals surface area contributed by atoms with Gasteiger partial charge in [0, 0.05) is 12.1 Å². The molecule has 1 rings (SSSR count). The molecule has 0 saturated heterocycles. The number of H-pyrrole nitrogens is 1. The fourth-order valence-electron chi connectivity index (χ4n) is 1.73. The lowest BCUT2D eigenvalue weighted by Gasteiger charge is -1.99. The molecule has 0 aromatic carbocycles. The Morgan fingerprint density at radius 1 is 1.33 bits per heavy atom. The molecule has 1 aromatic rings. The highest BCUT2D eigenvalue weighted by molar-refractivity contribution is 6.01. The molecule has 4 heteroatoms. The number of aryl methyl sites for hydroxylation is 1. The average molecular weight is 209 g/mol. The van der Waals surface area contributed by atoms with Crippen LogP contribution in [0, 0.1) is 6.92 Å². The lowest BCUT2D eigenvalue weighted by molar-refractivity contribution is 0.0695. The molecule has 0 bridgehead atoms. The minimum Gasteiger partial charge on any atom is -0.478 e. The number of ketones is 1. The quantitative estimate of drug-likeness (QED) is 0.746. The second kappa shape index (κ2) is 4.29. The van der Waals surface area contributed by atoms with Gasteiger partial charge in [0.1, 0.15) is 0 Å². The monoisotopic (exact) mass is 209 g/mol. The number of carboxylic acid groups (broad SMARTS) is 1. The summed E-state index contributed by atoms with van der Waals surface area (Å²) in [5.41, 5.74) is 1.87. The fraction of sp³-hybridized carbons (Fsp3) is 0.455. The number of aromatic carboxylic acids is 1. The van der Waals surface area contributed by atoms with Crippen LogP contribution in [-0.2, 0) is 6.42 Å². The number of aromatic nitrogens is 1. The zero-order chi connectivity index (χ0) is 11.6. The Balaban J connectivity index is 3.37. The van der Waals surface area contributed by atoms with Crippen LogP contribution in [0.3, 0.4) is 0 Å². The number of rotatable bonds is 4. The molecular weight excluding hydrogens is 194 g/mol. The molecule has 0 amide bonds. The van der Waals surface area contributed by atoms with Gasteiger partial charge in [-0.3, -0.25) is 4.79 Å². The Bertz CT molecular complexity index is 404. The van der Waals surface area contributed by atoms with E-state index in [0.29, 0.717) is 29.8 Å². The summed E-state index contributed by atoms with van der Waals surface area (Å²) in [5, 5.41) is 9.01. The molecule has 0 saturated carbocycles. The molecule has 0 fully saturated rings. The molecule has 1 aromatic heterocycles. The van der Waals surface area contributed by atoms with Crippen LogP contribution < -0.4 is 0 Å². The molecule has 0 aliphatic carbocycles. The van der Waals surface area contributed by atoms with E-state index in [9.17, 15) is 9.59 Å². The molecular formula is C11H15NO3. The molecule has 15 heavy (non-hydrogen) atoms. The fourth-order valence-corrected chi connectivity index (χ4v) is 1.73. The summed E-state index contributed by atoms with van der Waals surface area (Å²) in [7, 11) is 0. The maximum atomic E-state index is 11.6. The molecule has 0 aliphatic heterocycles. The average Bonchev–Trinajstić information content (AvgIpc) is 2.53. The van der Waals surface area contributed by atoms with Gasteiger partial charge < -0.3 is 10.1 Å². The van der Waals surface area contributed by atoms with E-state index in [2.05, 4.69) is 4.98 Å². The van der Waals surface area contributed by atoms with Gasteiger partial charge in [0.15, 0.2) is 5.78 Å². The SMILES string of the molecule is CCC(=O)c1[nH]c(C)c(C(=O)O)c1CC. The Kier molecular flexibility index (Phi) is 3.29. The van der Waals surface area contributed by atoms with E-state index in [1.165, 1.54) is 0 Å². The van der Waals surface area contributed by atoms with Gasteiger partial charge in [0.05, 0.1) is 11.3 Å². The smallest absolute Gasteiger partial charge is 0.337 e. The van der Waals surface area contributed by atoms with Gasteiger partial charge in [-0.1, -0.05) is 13.8 Å². The Labute approximate surface area is 88.3 Å². The van der Waals surface area contributed by atoms with Gasteiger partial charge in [-0.25, -0.2) is 4.79 Å². The number of aromatic amines is 1. The van der Waals surface area contributed by atoms with Crippen LogP contribution in [0.2, 0.25) is 0 Å². The van der Waals surface area contributed by atoms with Crippen LogP contribution in [0.15, 0.2) is 0 Å². The van der Waals surface area contributed by atoms with Gasteiger partial charge in [-0.2, -0.15) is 0 Å². The molecule has 4 nitrogen and oxygen atoms in total. The summed E-state index contributed by atoms with van der Waals surface area (Å²) < 4.78 is 0. The Morgan fingerprint density at radius 2 is 1.93 bits per heavy atom. The van der Waals surface area contributed by atoms with Crippen molar-refractivity contribution in [2.45, 2.75) is 33.6 Å². The minimum absolute atomic E-state index is 0.0394. The summed E-state index contributed by atoms with van der Waals surface area (Å²) in [5.74, 6) is -1.02. The summed E-state index contributed by atoms with van der Waals surface area (Å²) in [6.45, 7) is 5.29. The zero-order valence-corrected chi connectivity index (χ0v) is 9.18. The minimum atomic E-state index is -0.976. The number of carbonyl (C=O) groups excluding carboxylic acids is 1. The summed E-state index contributed by atoms with van der Waals surface area (Å²) >= 11 is 0. The molecule has 2 N–H and O–H groups in total. The van der Waals surface area contributed by atoms with Gasteiger partial charge in [0.2, 0.25) is 0 Å². The number of hydrogen-bond acceptors (Lipinski definition) is 2. The molecule has 0 spiro atoms. The normalized spacial score (nSPS) is 10.3. The maximum absolute atomic E-state index is 11.6. The zero-order valence-electron chi connectivity index (χ0n) is 9.18. The third-order valence-corrected chi connectivity index (χ3v) is 2.46. The third-order valence-electron chi connectivity index (χ3n) is 2.46. The number of hydrogen-bond donors (Lipinski definition) is 2. The number of Topliss-reactive ketones (excluding diaryl/α,β-unsaturated/α-hetero) is 1. The van der Waals surface area contributed by atoms with E-state index in [1.807, 2.05) is 6.92 Å². The largest absolute Gasteiger partial charge is 0.478 e. The Hall–Kier alpha value is -1.58. The predicted molar refractivity (Wildman–Crippen MR) is 56.5 cm³/mol. The molecule has 0 unspecified atom stereocenters. The van der Waals surface area contributed by atoms with Crippen LogP contribution in [0.25, 0.3) is 0 Å². The van der Waals surface area contributed by atoms with E-state index in [-0.39, 0.29) is 11.3 Å². The van der Waals surface area contributed by atoms with Crippen molar-refractivity contribution < 1.29 is 14.7 Å². The first-order valence-corrected chi connectivity index (χ1v) is 5.00. The highest BCUT2D eigenvalue weighted by Crippen LogP contribution is 2.20. The first kappa shape index (κ1) is 11.5. The van der Waals surface area contributed by atoms with Gasteiger partial charge >= 0.3 is 5.97 Å². The van der Waals surface area contributed by atoms with Crippen LogP contribution >= 0.6 is 0 Å². The van der Waals surface area contributed by atoms with E-state index < -0.39 is 5.97 Å². The second-order valence-electron chi connectivity index (χ2n) is 3.41. The number of carbonyl (C=O) groups is 2. The third kappa shape index (κ3) is 1.93. The first-order valence-electron chi connectivity index (χ1n) is 5.00. The molecule has 0 atom stereocenters. The molecule has 1 heterocycles. The standard InChI is InChI=1S/C11H15NO3/c1-4-7-9(11(14)15)6(3)12-10(7)8(13)5-2/h12H,4-5H2,1-3H3,(H,14,15). The molecule has 0 radical (unpaired) electrons. The van der Waals surface area contributed by atoms with Crippen molar-refractivity contribution in [2.24, 2.45) is 0 Å². The van der Waals surface area contributed by atoms with E-state index >= 15 is 0 Å². The first-order chi connectivity index (χ1) is 7.02. The van der Waals surface area contributed by atoms with E-state index in [1.54, 1.807) is 13.8 Å². The van der Waals surface area contributed by atoms with Gasteiger partial charge in [-0.15, -0.1) is 0 Å². The second-order valence-corrected chi connectivity index (χ2v) is 3.41. The van der Waals surface area contributed by atoms with Crippen LogP contribution in [0.4, 0.5) is 0 Å². The summed E-state index contributed by atoms with van der Waals surface area (Å²) in [6, 6.07) is 0. The van der Waals surface area contributed by atoms with Crippen molar-refractivity contribution in [2.75, 3.05) is 0 Å². The lowest BCUT2D eigenvalue weighted by Crippen LogP contribution is -2.04. The summed E-state index contributed by atoms with van der Waals surface area (Å²) in [4.78, 5) is 25.4. The van der Waals surface area contributed by atoms with Crippen LogP contribution in [0.5, 0.6) is 0 Å². The van der Waals surface area contributed by atoms with Crippen molar-refractivity contribution in [3.8, 4) is 0 Å². The number of carboxylic acids is 1. The molecule has 82 valence electrons. The lowest BCUT2D eigenvalue weighted by atomic mass is 10.0. The van der Waals surface area contributed by atoms with E-state index in [0.717, 1.165) is 0 Å². The molecule has 0 aliphatic rings. The van der Waals surface area contributed by atoms with Crippen molar-refractivity contribution in [3.05, 3.63) is 22.5 Å². The van der Waals surface area contributed by atoms with Crippen LogP contribution in [0.1, 0.15) is 52.4 Å². The van der Waals surface area contributed by atoms with Gasteiger partial charge in [0.25, 0.3) is 0 Å². The van der Waals surface area contributed by atoms with Gasteiger partial charge in [-0.05, 0) is 18.9 Å². The predicted octanol–water partition coefficient (Wildman–Crippen LogP) is 2.18. The Morgan fingerprint density at radius 3 is 2.33 bits per heavy atom.